The highest BCUT2D eigenvalue weighted by molar-refractivity contribution is 7.99. The molecule has 138 valence electrons. The van der Waals surface area contributed by atoms with Gasteiger partial charge in [-0.05, 0) is 18.5 Å². The van der Waals surface area contributed by atoms with E-state index in [0.717, 1.165) is 75.8 Å². The lowest BCUT2D eigenvalue weighted by atomic mass is 10.0. The normalized spacial score (nSPS) is 21.0. The third-order valence-electron chi connectivity index (χ3n) is 4.93. The maximum absolute atomic E-state index is 12.9. The number of thioether (sulfide) groups is 1. The van der Waals surface area contributed by atoms with E-state index in [-0.39, 0.29) is 11.9 Å². The van der Waals surface area contributed by atoms with Gasteiger partial charge in [0.05, 0.1) is 0 Å². The van der Waals surface area contributed by atoms with E-state index in [1.807, 2.05) is 30.0 Å². The summed E-state index contributed by atoms with van der Waals surface area (Å²) < 4.78 is 0. The number of carbonyl (C=O) groups excluding carboxylic acids is 1. The Morgan fingerprint density at radius 2 is 1.84 bits per heavy atom. The molecule has 3 rings (SSSR count). The van der Waals surface area contributed by atoms with Crippen molar-refractivity contribution in [2.45, 2.75) is 12.5 Å². The van der Waals surface area contributed by atoms with Crippen LogP contribution in [0.4, 0.5) is 0 Å². The monoisotopic (exact) mass is 362 g/mol. The minimum absolute atomic E-state index is 0.151. The third-order valence-corrected chi connectivity index (χ3v) is 5.88. The molecule has 1 aromatic rings. The number of benzene rings is 1. The molecule has 1 amide bonds. The molecule has 2 heterocycles. The van der Waals surface area contributed by atoms with Crippen molar-refractivity contribution < 1.29 is 4.79 Å². The minimum atomic E-state index is -0.152. The first-order valence-corrected chi connectivity index (χ1v) is 10.6. The van der Waals surface area contributed by atoms with E-state index >= 15 is 0 Å². The van der Waals surface area contributed by atoms with Crippen molar-refractivity contribution in [1.82, 2.24) is 20.4 Å². The minimum Gasteiger partial charge on any atom is -0.354 e. The van der Waals surface area contributed by atoms with Crippen LogP contribution in [0.5, 0.6) is 0 Å². The first-order valence-electron chi connectivity index (χ1n) is 9.42. The second-order valence-corrected chi connectivity index (χ2v) is 7.92. The Kier molecular flexibility index (Phi) is 7.60. The van der Waals surface area contributed by atoms with Gasteiger partial charge in [-0.25, -0.2) is 0 Å². The molecule has 2 aliphatic heterocycles. The Morgan fingerprint density at radius 1 is 1.12 bits per heavy atom. The maximum Gasteiger partial charge on any atom is 0.241 e. The Bertz CT molecular complexity index is 515. The number of nitrogens with zero attached hydrogens (tertiary/aromatic N) is 2. The van der Waals surface area contributed by atoms with Crippen LogP contribution in [0.25, 0.3) is 0 Å². The summed E-state index contributed by atoms with van der Waals surface area (Å²) in [5.41, 5.74) is 1.11. The van der Waals surface area contributed by atoms with Gasteiger partial charge in [-0.1, -0.05) is 30.3 Å². The molecule has 2 aliphatic rings. The Balaban J connectivity index is 1.51. The third kappa shape index (κ3) is 5.71. The van der Waals surface area contributed by atoms with Gasteiger partial charge < -0.3 is 15.5 Å². The first-order chi connectivity index (χ1) is 12.3. The van der Waals surface area contributed by atoms with Gasteiger partial charge in [-0.2, -0.15) is 11.8 Å². The average molecular weight is 363 g/mol. The summed E-state index contributed by atoms with van der Waals surface area (Å²) in [6.45, 7) is 8.19. The fourth-order valence-electron chi connectivity index (χ4n) is 3.54. The molecule has 25 heavy (non-hydrogen) atoms. The molecule has 0 spiro atoms. The van der Waals surface area contributed by atoms with Crippen molar-refractivity contribution in [2.75, 3.05) is 63.9 Å². The fraction of sp³-hybridized carbons (Fsp3) is 0.632. The molecule has 0 bridgehead atoms. The van der Waals surface area contributed by atoms with Crippen LogP contribution in [0, 0.1) is 0 Å². The van der Waals surface area contributed by atoms with Crippen LogP contribution in [0.3, 0.4) is 0 Å². The lowest BCUT2D eigenvalue weighted by molar-refractivity contribution is -0.126. The first kappa shape index (κ1) is 18.7. The highest BCUT2D eigenvalue weighted by atomic mass is 32.2. The zero-order valence-electron chi connectivity index (χ0n) is 15.0. The summed E-state index contributed by atoms with van der Waals surface area (Å²) in [6.07, 6.45) is 1.02. The summed E-state index contributed by atoms with van der Waals surface area (Å²) in [7, 11) is 0. The van der Waals surface area contributed by atoms with E-state index < -0.39 is 0 Å². The van der Waals surface area contributed by atoms with Crippen LogP contribution in [-0.4, -0.2) is 79.6 Å². The van der Waals surface area contributed by atoms with Crippen molar-refractivity contribution in [3.63, 3.8) is 0 Å². The molecule has 0 aliphatic carbocycles. The lowest BCUT2D eigenvalue weighted by Crippen LogP contribution is -2.46. The van der Waals surface area contributed by atoms with Gasteiger partial charge in [-0.3, -0.25) is 9.69 Å². The molecule has 2 saturated heterocycles. The number of carbonyl (C=O) groups is 1. The lowest BCUT2D eigenvalue weighted by Gasteiger charge is -2.33. The van der Waals surface area contributed by atoms with Gasteiger partial charge >= 0.3 is 0 Å². The summed E-state index contributed by atoms with van der Waals surface area (Å²) in [6, 6.07) is 10.1. The van der Waals surface area contributed by atoms with Gasteiger partial charge in [0.2, 0.25) is 5.91 Å². The molecule has 2 N–H and O–H groups in total. The quantitative estimate of drug-likeness (QED) is 0.714. The number of hydrogen-bond donors (Lipinski definition) is 2. The molecule has 1 aromatic carbocycles. The molecule has 0 aromatic heterocycles. The number of piperazine rings is 1. The molecule has 1 atom stereocenters. The molecule has 0 radical (unpaired) electrons. The van der Waals surface area contributed by atoms with Crippen molar-refractivity contribution >= 4 is 17.7 Å². The second-order valence-electron chi connectivity index (χ2n) is 6.70. The number of hydrogen-bond acceptors (Lipinski definition) is 5. The van der Waals surface area contributed by atoms with Crippen LogP contribution < -0.4 is 10.6 Å². The topological polar surface area (TPSA) is 47.6 Å². The summed E-state index contributed by atoms with van der Waals surface area (Å²) >= 11 is 1.98. The van der Waals surface area contributed by atoms with Crippen LogP contribution in [0.1, 0.15) is 18.0 Å². The average Bonchev–Trinajstić information content (AvgIpc) is 2.68. The van der Waals surface area contributed by atoms with Crippen molar-refractivity contribution in [2.24, 2.45) is 0 Å². The van der Waals surface area contributed by atoms with Gasteiger partial charge in [0.25, 0.3) is 0 Å². The Morgan fingerprint density at radius 3 is 2.56 bits per heavy atom. The predicted molar refractivity (Wildman–Crippen MR) is 105 cm³/mol. The number of rotatable bonds is 7. The van der Waals surface area contributed by atoms with Crippen LogP contribution in [0.2, 0.25) is 0 Å². The summed E-state index contributed by atoms with van der Waals surface area (Å²) in [4.78, 5) is 17.7. The zero-order valence-corrected chi connectivity index (χ0v) is 15.8. The Labute approximate surface area is 155 Å². The SMILES string of the molecule is O=C(NCCCN1CCNCC1)C(c1ccccc1)N1CCSCC1. The summed E-state index contributed by atoms with van der Waals surface area (Å²) in [5.74, 6) is 2.37. The van der Waals surface area contributed by atoms with Crippen molar-refractivity contribution in [3.05, 3.63) is 35.9 Å². The highest BCUT2D eigenvalue weighted by Gasteiger charge is 2.28. The smallest absolute Gasteiger partial charge is 0.241 e. The van der Waals surface area contributed by atoms with E-state index in [0.29, 0.717) is 0 Å². The molecule has 5 nitrogen and oxygen atoms in total. The summed E-state index contributed by atoms with van der Waals surface area (Å²) in [5, 5.41) is 6.56. The molecular formula is C19H30N4OS. The molecule has 0 saturated carbocycles. The van der Waals surface area contributed by atoms with Crippen LogP contribution >= 0.6 is 11.8 Å². The highest BCUT2D eigenvalue weighted by Crippen LogP contribution is 2.24. The molecule has 6 heteroatoms. The van der Waals surface area contributed by atoms with Gasteiger partial charge in [-0.15, -0.1) is 0 Å². The van der Waals surface area contributed by atoms with Crippen molar-refractivity contribution in [1.29, 1.82) is 0 Å². The second kappa shape index (κ2) is 10.2. The number of nitrogens with one attached hydrogen (secondary N) is 2. The van der Waals surface area contributed by atoms with Crippen molar-refractivity contribution in [3.8, 4) is 0 Å². The van der Waals surface area contributed by atoms with Crippen LogP contribution in [-0.2, 0) is 4.79 Å². The van der Waals surface area contributed by atoms with Gasteiger partial charge in [0.1, 0.15) is 6.04 Å². The molecular weight excluding hydrogens is 332 g/mol. The van der Waals surface area contributed by atoms with E-state index in [4.69, 9.17) is 0 Å². The van der Waals surface area contributed by atoms with E-state index in [1.165, 1.54) is 0 Å². The Hall–Kier alpha value is -1.08. The predicted octanol–water partition coefficient (Wildman–Crippen LogP) is 1.19. The maximum atomic E-state index is 12.9. The van der Waals surface area contributed by atoms with Gasteiger partial charge in [0, 0.05) is 57.3 Å². The largest absolute Gasteiger partial charge is 0.354 e. The fourth-order valence-corrected chi connectivity index (χ4v) is 4.48. The van der Waals surface area contributed by atoms with E-state index in [2.05, 4.69) is 32.6 Å². The number of amides is 1. The molecule has 1 unspecified atom stereocenters. The standard InChI is InChI=1S/C19H30N4OS/c24-19(21-7-4-10-22-11-8-20-9-12-22)18(17-5-2-1-3-6-17)23-13-15-25-16-14-23/h1-3,5-6,18,20H,4,7-16H2,(H,21,24). The van der Waals surface area contributed by atoms with Crippen LogP contribution in [0.15, 0.2) is 30.3 Å². The molecule has 2 fully saturated rings. The van der Waals surface area contributed by atoms with Gasteiger partial charge in [0.15, 0.2) is 0 Å². The van der Waals surface area contributed by atoms with E-state index in [1.54, 1.807) is 0 Å². The zero-order chi connectivity index (χ0) is 17.3. The van der Waals surface area contributed by atoms with E-state index in [9.17, 15) is 4.79 Å².